The maximum atomic E-state index is 12.7. The molecule has 218 valence electrons. The highest BCUT2D eigenvalue weighted by Gasteiger charge is 2.31. The van der Waals surface area contributed by atoms with Gasteiger partial charge in [-0.05, 0) is 74.5 Å². The van der Waals surface area contributed by atoms with Crippen molar-refractivity contribution >= 4 is 17.1 Å². The molecule has 2 aromatic carbocycles. The molecule has 0 bridgehead atoms. The van der Waals surface area contributed by atoms with Crippen LogP contribution in [0.4, 0.5) is 13.2 Å². The summed E-state index contributed by atoms with van der Waals surface area (Å²) < 4.78 is 49.2. The number of aryl methyl sites for hydroxylation is 2. The summed E-state index contributed by atoms with van der Waals surface area (Å²) in [5.41, 5.74) is 4.00. The fourth-order valence-electron chi connectivity index (χ4n) is 4.28. The molecule has 0 fully saturated rings. The lowest BCUT2D eigenvalue weighted by molar-refractivity contribution is -0.274. The van der Waals surface area contributed by atoms with E-state index in [9.17, 15) is 18.0 Å². The van der Waals surface area contributed by atoms with E-state index in [4.69, 9.17) is 9.72 Å². The average Bonchev–Trinajstić information content (AvgIpc) is 3.25. The SMILES string of the molecule is Cc1cnc2c(c1)nc(CCC(=O)NCc1ccc(OCCCN(C)C)cc1)n2Cc1ccc(OC(F)(F)F)cc1. The van der Waals surface area contributed by atoms with Crippen molar-refractivity contribution in [3.05, 3.63) is 83.3 Å². The van der Waals surface area contributed by atoms with E-state index >= 15 is 0 Å². The molecule has 0 atom stereocenters. The molecule has 0 saturated carbocycles. The second kappa shape index (κ2) is 13.5. The summed E-state index contributed by atoms with van der Waals surface area (Å²) in [4.78, 5) is 24.0. The van der Waals surface area contributed by atoms with Crippen LogP contribution >= 0.6 is 0 Å². The summed E-state index contributed by atoms with van der Waals surface area (Å²) in [6, 6.07) is 15.3. The first-order valence-electron chi connectivity index (χ1n) is 13.4. The zero-order chi connectivity index (χ0) is 29.4. The normalized spacial score (nSPS) is 11.7. The number of imidazole rings is 1. The van der Waals surface area contributed by atoms with Gasteiger partial charge in [0.1, 0.15) is 22.8 Å². The fraction of sp³-hybridized carbons (Fsp3) is 0.367. The van der Waals surface area contributed by atoms with E-state index in [2.05, 4.69) is 19.9 Å². The van der Waals surface area contributed by atoms with Crippen LogP contribution in [0.5, 0.6) is 11.5 Å². The lowest BCUT2D eigenvalue weighted by Crippen LogP contribution is -2.23. The molecule has 11 heteroatoms. The average molecular weight is 570 g/mol. The molecule has 2 heterocycles. The first-order valence-corrected chi connectivity index (χ1v) is 13.4. The molecular weight excluding hydrogens is 535 g/mol. The number of fused-ring (bicyclic) bond motifs is 1. The summed E-state index contributed by atoms with van der Waals surface area (Å²) >= 11 is 0. The van der Waals surface area contributed by atoms with Gasteiger partial charge in [-0.3, -0.25) is 4.79 Å². The number of hydrogen-bond acceptors (Lipinski definition) is 6. The molecule has 0 saturated heterocycles. The van der Waals surface area contributed by atoms with Crippen molar-refractivity contribution < 1.29 is 27.4 Å². The highest BCUT2D eigenvalue weighted by atomic mass is 19.4. The van der Waals surface area contributed by atoms with Crippen molar-refractivity contribution in [2.75, 3.05) is 27.2 Å². The van der Waals surface area contributed by atoms with E-state index < -0.39 is 6.36 Å². The van der Waals surface area contributed by atoms with Crippen molar-refractivity contribution in [1.82, 2.24) is 24.8 Å². The minimum atomic E-state index is -4.75. The standard InChI is InChI=1S/C30H34F3N5O3/c1-21-17-26-29(35-18-21)38(20-23-7-11-25(12-8-23)41-30(31,32)33)27(36-26)13-14-28(39)34-19-22-5-9-24(10-6-22)40-16-4-15-37(2)3/h5-12,17-18H,4,13-16,19-20H2,1-3H3,(H,34,39). The molecule has 1 amide bonds. The van der Waals surface area contributed by atoms with E-state index in [0.29, 0.717) is 43.1 Å². The number of rotatable bonds is 13. The Kier molecular flexibility index (Phi) is 9.82. The minimum Gasteiger partial charge on any atom is -0.494 e. The van der Waals surface area contributed by atoms with Crippen molar-refractivity contribution in [1.29, 1.82) is 0 Å². The molecule has 0 radical (unpaired) electrons. The lowest BCUT2D eigenvalue weighted by atomic mass is 10.2. The molecule has 2 aromatic heterocycles. The Morgan fingerprint density at radius 1 is 1.02 bits per heavy atom. The number of benzene rings is 2. The van der Waals surface area contributed by atoms with Crippen LogP contribution in [0.15, 0.2) is 60.8 Å². The van der Waals surface area contributed by atoms with Crippen LogP contribution in [-0.2, 0) is 24.3 Å². The summed E-state index contributed by atoms with van der Waals surface area (Å²) in [6.45, 7) is 4.25. The Hall–Kier alpha value is -4.12. The summed E-state index contributed by atoms with van der Waals surface area (Å²) in [6.07, 6.45) is -1.49. The number of hydrogen-bond donors (Lipinski definition) is 1. The van der Waals surface area contributed by atoms with Gasteiger partial charge in [0.15, 0.2) is 5.65 Å². The Morgan fingerprint density at radius 3 is 2.39 bits per heavy atom. The van der Waals surface area contributed by atoms with Gasteiger partial charge in [0.05, 0.1) is 13.2 Å². The van der Waals surface area contributed by atoms with Crippen LogP contribution in [0.25, 0.3) is 11.2 Å². The number of halogens is 3. The van der Waals surface area contributed by atoms with Crippen molar-refractivity contribution in [3.63, 3.8) is 0 Å². The molecule has 8 nitrogen and oxygen atoms in total. The summed E-state index contributed by atoms with van der Waals surface area (Å²) in [5.74, 6) is 1.05. The highest BCUT2D eigenvalue weighted by Crippen LogP contribution is 2.24. The van der Waals surface area contributed by atoms with Gasteiger partial charge in [0.25, 0.3) is 0 Å². The maximum absolute atomic E-state index is 12.7. The Bertz CT molecular complexity index is 1440. The third-order valence-corrected chi connectivity index (χ3v) is 6.31. The van der Waals surface area contributed by atoms with Crippen LogP contribution in [-0.4, -0.2) is 59.0 Å². The fourth-order valence-corrected chi connectivity index (χ4v) is 4.28. The van der Waals surface area contributed by atoms with E-state index in [1.54, 1.807) is 18.3 Å². The van der Waals surface area contributed by atoms with E-state index in [0.717, 1.165) is 35.4 Å². The molecule has 4 aromatic rings. The van der Waals surface area contributed by atoms with Crippen LogP contribution in [0.3, 0.4) is 0 Å². The minimum absolute atomic E-state index is 0.120. The highest BCUT2D eigenvalue weighted by molar-refractivity contribution is 5.76. The Morgan fingerprint density at radius 2 is 1.71 bits per heavy atom. The molecular formula is C30H34F3N5O3. The number of nitrogens with zero attached hydrogens (tertiary/aromatic N) is 4. The number of carbonyl (C=O) groups excluding carboxylic acids is 1. The number of amides is 1. The number of alkyl halides is 3. The molecule has 0 aliphatic heterocycles. The third-order valence-electron chi connectivity index (χ3n) is 6.31. The van der Waals surface area contributed by atoms with E-state index in [-0.39, 0.29) is 18.1 Å². The third kappa shape index (κ3) is 9.21. The zero-order valence-corrected chi connectivity index (χ0v) is 23.4. The van der Waals surface area contributed by atoms with Gasteiger partial charge in [-0.25, -0.2) is 9.97 Å². The molecule has 1 N–H and O–H groups in total. The summed E-state index contributed by atoms with van der Waals surface area (Å²) in [5, 5.41) is 2.95. The number of nitrogens with one attached hydrogen (secondary N) is 1. The molecule has 0 aliphatic rings. The van der Waals surface area contributed by atoms with Crippen LogP contribution < -0.4 is 14.8 Å². The smallest absolute Gasteiger partial charge is 0.494 e. The van der Waals surface area contributed by atoms with Gasteiger partial charge in [-0.2, -0.15) is 0 Å². The lowest BCUT2D eigenvalue weighted by Gasteiger charge is -2.12. The van der Waals surface area contributed by atoms with Gasteiger partial charge in [0.2, 0.25) is 5.91 Å². The second-order valence-corrected chi connectivity index (χ2v) is 10.1. The van der Waals surface area contributed by atoms with Crippen molar-refractivity contribution in [3.8, 4) is 11.5 Å². The maximum Gasteiger partial charge on any atom is 0.573 e. The van der Waals surface area contributed by atoms with Crippen molar-refractivity contribution in [2.45, 2.75) is 45.6 Å². The van der Waals surface area contributed by atoms with E-state index in [1.165, 1.54) is 12.1 Å². The van der Waals surface area contributed by atoms with Crippen LogP contribution in [0.1, 0.15) is 35.4 Å². The number of carbonyl (C=O) groups is 1. The quantitative estimate of drug-likeness (QED) is 0.221. The first kappa shape index (κ1) is 29.9. The predicted molar refractivity (Wildman–Crippen MR) is 150 cm³/mol. The van der Waals surface area contributed by atoms with E-state index in [1.807, 2.05) is 55.9 Å². The van der Waals surface area contributed by atoms with Gasteiger partial charge in [0, 0.05) is 32.1 Å². The number of aromatic nitrogens is 3. The largest absolute Gasteiger partial charge is 0.573 e. The topological polar surface area (TPSA) is 81.5 Å². The number of ether oxygens (including phenoxy) is 2. The van der Waals surface area contributed by atoms with Crippen LogP contribution in [0, 0.1) is 6.92 Å². The number of pyridine rings is 1. The molecule has 0 unspecified atom stereocenters. The monoisotopic (exact) mass is 569 g/mol. The van der Waals surface area contributed by atoms with Gasteiger partial charge in [-0.1, -0.05) is 24.3 Å². The molecule has 4 rings (SSSR count). The first-order chi connectivity index (χ1) is 19.6. The van der Waals surface area contributed by atoms with Gasteiger partial charge >= 0.3 is 6.36 Å². The van der Waals surface area contributed by atoms with Crippen molar-refractivity contribution in [2.24, 2.45) is 0 Å². The summed E-state index contributed by atoms with van der Waals surface area (Å²) in [7, 11) is 4.06. The van der Waals surface area contributed by atoms with Gasteiger partial charge in [-0.15, -0.1) is 13.2 Å². The molecule has 0 aliphatic carbocycles. The molecule has 0 spiro atoms. The zero-order valence-electron chi connectivity index (χ0n) is 23.4. The molecule has 41 heavy (non-hydrogen) atoms. The predicted octanol–water partition coefficient (Wildman–Crippen LogP) is 5.27. The van der Waals surface area contributed by atoms with Crippen LogP contribution in [0.2, 0.25) is 0 Å². The Balaban J connectivity index is 1.35. The second-order valence-electron chi connectivity index (χ2n) is 10.1. The van der Waals surface area contributed by atoms with Gasteiger partial charge < -0.3 is 24.3 Å². The Labute approximate surface area is 237 Å².